The molecule has 0 aliphatic carbocycles. The van der Waals surface area contributed by atoms with Crippen LogP contribution >= 0.6 is 11.6 Å². The van der Waals surface area contributed by atoms with Gasteiger partial charge in [0.2, 0.25) is 5.71 Å². The number of anilines is 1. The van der Waals surface area contributed by atoms with Gasteiger partial charge in [0, 0.05) is 5.88 Å². The lowest BCUT2D eigenvalue weighted by molar-refractivity contribution is 1.31. The van der Waals surface area contributed by atoms with Gasteiger partial charge in [0.1, 0.15) is 12.1 Å². The number of rotatable bonds is 3. The Labute approximate surface area is 92.4 Å². The summed E-state index contributed by atoms with van der Waals surface area (Å²) < 4.78 is 0. The van der Waals surface area contributed by atoms with E-state index in [1.165, 1.54) is 0 Å². The Morgan fingerprint density at radius 2 is 2.13 bits per heavy atom. The Hall–Kier alpha value is -2.04. The van der Waals surface area contributed by atoms with Crippen molar-refractivity contribution < 1.29 is 0 Å². The number of nitrogens with one attached hydrogen (secondary N) is 1. The molecule has 74 valence electrons. The lowest BCUT2D eigenvalue weighted by Crippen LogP contribution is -1.96. The molecule has 0 heterocycles. The Morgan fingerprint density at radius 3 is 2.73 bits per heavy atom. The van der Waals surface area contributed by atoms with E-state index in [4.69, 9.17) is 22.1 Å². The molecular weight excluding hydrogens is 212 g/mol. The highest BCUT2D eigenvalue weighted by atomic mass is 35.5. The number of halogens is 1. The summed E-state index contributed by atoms with van der Waals surface area (Å²) in [4.78, 5) is 0. The van der Waals surface area contributed by atoms with Crippen molar-refractivity contribution in [2.45, 2.75) is 5.88 Å². The molecule has 4 nitrogen and oxygen atoms in total. The van der Waals surface area contributed by atoms with Crippen molar-refractivity contribution in [3.63, 3.8) is 0 Å². The first-order valence-corrected chi connectivity index (χ1v) is 4.62. The summed E-state index contributed by atoms with van der Waals surface area (Å²) in [6, 6.07) is 10.6. The molecule has 1 N–H and O–H groups in total. The molecule has 0 aliphatic heterocycles. The summed E-state index contributed by atoms with van der Waals surface area (Å²) in [5.74, 6) is 0.405. The first-order chi connectivity index (χ1) is 7.30. The highest BCUT2D eigenvalue weighted by Gasteiger charge is 1.95. The molecule has 0 radical (unpaired) electrons. The molecular formula is C10H7ClN4. The normalized spacial score (nSPS) is 8.47. The molecule has 0 aromatic heterocycles. The van der Waals surface area contributed by atoms with Crippen molar-refractivity contribution in [2.75, 3.05) is 5.43 Å². The molecule has 1 rings (SSSR count). The van der Waals surface area contributed by atoms with Crippen LogP contribution in [0.15, 0.2) is 29.4 Å². The number of hydrogen-bond acceptors (Lipinski definition) is 4. The van der Waals surface area contributed by atoms with E-state index in [1.54, 1.807) is 24.3 Å². The first kappa shape index (κ1) is 11.0. The highest BCUT2D eigenvalue weighted by Crippen LogP contribution is 2.12. The molecule has 0 bridgehead atoms. The van der Waals surface area contributed by atoms with Crippen LogP contribution in [0.5, 0.6) is 0 Å². The van der Waals surface area contributed by atoms with Gasteiger partial charge in [0.25, 0.3) is 0 Å². The van der Waals surface area contributed by atoms with Crippen molar-refractivity contribution in [3.8, 4) is 12.1 Å². The minimum absolute atomic E-state index is 0.216. The molecule has 0 aliphatic rings. The highest BCUT2D eigenvalue weighted by molar-refractivity contribution is 6.17. The maximum absolute atomic E-state index is 8.44. The Bertz CT molecular complexity index is 437. The topological polar surface area (TPSA) is 72.0 Å². The molecule has 1 aromatic rings. The van der Waals surface area contributed by atoms with Crippen LogP contribution in [-0.4, -0.2) is 5.71 Å². The predicted octanol–water partition coefficient (Wildman–Crippen LogP) is 2.24. The number of nitrogens with zero attached hydrogens (tertiary/aromatic N) is 3. The number of nitriles is 2. The summed E-state index contributed by atoms with van der Waals surface area (Å²) in [5.41, 5.74) is 4.02. The summed E-state index contributed by atoms with van der Waals surface area (Å²) in [6.45, 7) is 0. The number of benzene rings is 1. The molecule has 0 saturated heterocycles. The fourth-order valence-electron chi connectivity index (χ4n) is 0.919. The summed E-state index contributed by atoms with van der Waals surface area (Å²) in [7, 11) is 0. The third kappa shape index (κ3) is 3.30. The Kier molecular flexibility index (Phi) is 4.15. The monoisotopic (exact) mass is 218 g/mol. The van der Waals surface area contributed by atoms with Gasteiger partial charge in [0.05, 0.1) is 5.69 Å². The Morgan fingerprint density at radius 1 is 1.40 bits per heavy atom. The van der Waals surface area contributed by atoms with Crippen molar-refractivity contribution >= 4 is 23.0 Å². The van der Waals surface area contributed by atoms with E-state index in [0.717, 1.165) is 5.56 Å². The van der Waals surface area contributed by atoms with Crippen molar-refractivity contribution in [3.05, 3.63) is 29.8 Å². The van der Waals surface area contributed by atoms with Crippen LogP contribution in [0.3, 0.4) is 0 Å². The molecule has 0 atom stereocenters. The van der Waals surface area contributed by atoms with Crippen LogP contribution < -0.4 is 5.43 Å². The lowest BCUT2D eigenvalue weighted by Gasteiger charge is -2.01. The zero-order chi connectivity index (χ0) is 11.1. The van der Waals surface area contributed by atoms with E-state index >= 15 is 0 Å². The minimum atomic E-state index is -0.216. The van der Waals surface area contributed by atoms with E-state index in [9.17, 15) is 0 Å². The lowest BCUT2D eigenvalue weighted by atomic mass is 10.2. The molecule has 0 amide bonds. The molecule has 5 heteroatoms. The fourth-order valence-corrected chi connectivity index (χ4v) is 1.09. The molecule has 0 spiro atoms. The van der Waals surface area contributed by atoms with Gasteiger partial charge in [-0.3, -0.25) is 5.43 Å². The average molecular weight is 219 g/mol. The van der Waals surface area contributed by atoms with E-state index in [1.807, 2.05) is 12.1 Å². The number of hydrazone groups is 1. The predicted molar refractivity (Wildman–Crippen MR) is 58.3 cm³/mol. The van der Waals surface area contributed by atoms with E-state index in [-0.39, 0.29) is 5.71 Å². The van der Waals surface area contributed by atoms with Crippen LogP contribution in [0.25, 0.3) is 0 Å². The molecule has 15 heavy (non-hydrogen) atoms. The van der Waals surface area contributed by atoms with Crippen LogP contribution in [0.4, 0.5) is 5.69 Å². The summed E-state index contributed by atoms with van der Waals surface area (Å²) in [5, 5.41) is 20.5. The molecule has 0 fully saturated rings. The van der Waals surface area contributed by atoms with Crippen LogP contribution in [0, 0.1) is 22.7 Å². The van der Waals surface area contributed by atoms with Gasteiger partial charge < -0.3 is 0 Å². The van der Waals surface area contributed by atoms with Crippen LogP contribution in [0.1, 0.15) is 5.56 Å². The maximum atomic E-state index is 8.44. The average Bonchev–Trinajstić information content (AvgIpc) is 2.31. The van der Waals surface area contributed by atoms with Gasteiger partial charge in [-0.2, -0.15) is 15.6 Å². The van der Waals surface area contributed by atoms with Gasteiger partial charge >= 0.3 is 0 Å². The third-order valence-corrected chi connectivity index (χ3v) is 1.90. The fraction of sp³-hybridized carbons (Fsp3) is 0.100. The largest absolute Gasteiger partial charge is 0.277 e. The second-order valence-corrected chi connectivity index (χ2v) is 2.90. The zero-order valence-corrected chi connectivity index (χ0v) is 8.49. The summed E-state index contributed by atoms with van der Waals surface area (Å²) in [6.07, 6.45) is 0. The van der Waals surface area contributed by atoms with Crippen LogP contribution in [-0.2, 0) is 5.88 Å². The molecule has 0 saturated carbocycles. The SMILES string of the molecule is N#CC(C#N)=NNc1cccc(CCl)c1. The first-order valence-electron chi connectivity index (χ1n) is 4.09. The second-order valence-electron chi connectivity index (χ2n) is 2.63. The zero-order valence-electron chi connectivity index (χ0n) is 7.74. The second kappa shape index (κ2) is 5.64. The van der Waals surface area contributed by atoms with Crippen molar-refractivity contribution in [1.29, 1.82) is 10.5 Å². The van der Waals surface area contributed by atoms with E-state index in [0.29, 0.717) is 11.6 Å². The smallest absolute Gasteiger partial charge is 0.237 e. The summed E-state index contributed by atoms with van der Waals surface area (Å²) >= 11 is 5.65. The van der Waals surface area contributed by atoms with E-state index < -0.39 is 0 Å². The van der Waals surface area contributed by atoms with Gasteiger partial charge in [-0.1, -0.05) is 12.1 Å². The Balaban J connectivity index is 2.79. The molecule has 1 aromatic carbocycles. The molecule has 0 unspecified atom stereocenters. The number of hydrogen-bond donors (Lipinski definition) is 1. The van der Waals surface area contributed by atoms with Crippen molar-refractivity contribution in [2.24, 2.45) is 5.10 Å². The van der Waals surface area contributed by atoms with Crippen LogP contribution in [0.2, 0.25) is 0 Å². The third-order valence-electron chi connectivity index (χ3n) is 1.59. The number of alkyl halides is 1. The van der Waals surface area contributed by atoms with Gasteiger partial charge in [0.15, 0.2) is 0 Å². The van der Waals surface area contributed by atoms with E-state index in [2.05, 4.69) is 10.5 Å². The van der Waals surface area contributed by atoms with Gasteiger partial charge in [-0.25, -0.2) is 0 Å². The minimum Gasteiger partial charge on any atom is -0.277 e. The maximum Gasteiger partial charge on any atom is 0.237 e. The standard InChI is InChI=1S/C10H7ClN4/c11-5-8-2-1-3-9(4-8)14-15-10(6-12)7-13/h1-4,14H,5H2. The van der Waals surface area contributed by atoms with Gasteiger partial charge in [-0.15, -0.1) is 11.6 Å². The van der Waals surface area contributed by atoms with Crippen molar-refractivity contribution in [1.82, 2.24) is 0 Å². The quantitative estimate of drug-likeness (QED) is 0.480. The van der Waals surface area contributed by atoms with Gasteiger partial charge in [-0.05, 0) is 17.7 Å².